The molecule has 0 saturated heterocycles. The molecule has 3 fully saturated rings. The number of hydrogen-bond acceptors (Lipinski definition) is 4. The second-order valence-electron chi connectivity index (χ2n) is 12.4. The zero-order valence-corrected chi connectivity index (χ0v) is 20.2. The zero-order chi connectivity index (χ0) is 22.7. The summed E-state index contributed by atoms with van der Waals surface area (Å²) in [5.74, 6) is 1.88. The highest BCUT2D eigenvalue weighted by Crippen LogP contribution is 2.66. The topological polar surface area (TPSA) is 77.8 Å². The lowest BCUT2D eigenvalue weighted by atomic mass is 9.47. The Kier molecular flexibility index (Phi) is 6.24. The SMILES string of the molecule is CC(C)C(O)C(=O)C[C@@H](C)[C@H]1CC[C@H]2[C@@H]3C[C@H](O)[C@H]4C[C@@H](O)CC[C@]4(C)C3=CC[C@]12C. The first kappa shape index (κ1) is 23.4. The Morgan fingerprint density at radius 1 is 1.10 bits per heavy atom. The summed E-state index contributed by atoms with van der Waals surface area (Å²) in [6.45, 7) is 10.8. The highest BCUT2D eigenvalue weighted by Gasteiger charge is 2.59. The number of ketones is 1. The lowest BCUT2D eigenvalue weighted by molar-refractivity contribution is -0.130. The highest BCUT2D eigenvalue weighted by atomic mass is 16.3. The lowest BCUT2D eigenvalue weighted by Crippen LogP contribution is -2.53. The van der Waals surface area contributed by atoms with Gasteiger partial charge in [-0.15, -0.1) is 0 Å². The maximum Gasteiger partial charge on any atom is 0.161 e. The van der Waals surface area contributed by atoms with Crippen molar-refractivity contribution in [2.45, 2.75) is 104 Å². The molecule has 4 rings (SSSR count). The van der Waals surface area contributed by atoms with Gasteiger partial charge in [0.05, 0.1) is 12.2 Å². The van der Waals surface area contributed by atoms with Gasteiger partial charge >= 0.3 is 0 Å². The van der Waals surface area contributed by atoms with Gasteiger partial charge < -0.3 is 15.3 Å². The lowest BCUT2D eigenvalue weighted by Gasteiger charge is -2.58. The summed E-state index contributed by atoms with van der Waals surface area (Å²) in [4.78, 5) is 12.6. The predicted octanol–water partition coefficient (Wildman–Crippen LogP) is 4.51. The number of carbonyl (C=O) groups excluding carboxylic acids is 1. The smallest absolute Gasteiger partial charge is 0.161 e. The van der Waals surface area contributed by atoms with E-state index in [1.165, 1.54) is 6.42 Å². The minimum atomic E-state index is -0.850. The molecule has 1 unspecified atom stereocenters. The normalized spacial score (nSPS) is 46.5. The monoisotopic (exact) mass is 432 g/mol. The van der Waals surface area contributed by atoms with Crippen molar-refractivity contribution in [3.63, 3.8) is 0 Å². The second-order valence-corrected chi connectivity index (χ2v) is 12.4. The number of allylic oxidation sites excluding steroid dienone is 2. The molecule has 0 aromatic heterocycles. The van der Waals surface area contributed by atoms with Crippen LogP contribution < -0.4 is 0 Å². The van der Waals surface area contributed by atoms with Gasteiger partial charge in [0, 0.05) is 6.42 Å². The molecule has 0 aliphatic heterocycles. The van der Waals surface area contributed by atoms with E-state index in [-0.39, 0.29) is 46.6 Å². The van der Waals surface area contributed by atoms with Crippen LogP contribution in [-0.2, 0) is 4.79 Å². The first-order valence-corrected chi connectivity index (χ1v) is 12.8. The third-order valence-electron chi connectivity index (χ3n) is 10.3. The van der Waals surface area contributed by atoms with Crippen molar-refractivity contribution in [1.82, 2.24) is 0 Å². The molecule has 0 aromatic carbocycles. The van der Waals surface area contributed by atoms with Crippen LogP contribution in [-0.4, -0.2) is 39.4 Å². The fourth-order valence-electron chi connectivity index (χ4n) is 8.48. The first-order valence-electron chi connectivity index (χ1n) is 12.8. The number of Topliss-reactive ketones (excluding diaryl/α,β-unsaturated/α-hetero) is 1. The van der Waals surface area contributed by atoms with Crippen molar-refractivity contribution in [2.75, 3.05) is 0 Å². The number of aliphatic hydroxyl groups is 3. The van der Waals surface area contributed by atoms with Gasteiger partial charge in [-0.3, -0.25) is 4.79 Å². The maximum absolute atomic E-state index is 12.6. The van der Waals surface area contributed by atoms with E-state index in [0.29, 0.717) is 24.2 Å². The standard InChI is InChI=1S/C27H44O4/c1-15(2)25(31)24(30)12-16(3)19-6-7-20-18-14-23(29)22-13-17(28)8-10-27(22,5)21(18)9-11-26(19,20)4/h9,15-20,22-23,25,28-29,31H,6-8,10-14H2,1-5H3/t16-,17+,18+,19-,20+,22-,23+,25?,26-,27-/m1/s1. The van der Waals surface area contributed by atoms with Gasteiger partial charge in [0.1, 0.15) is 6.10 Å². The molecule has 4 nitrogen and oxygen atoms in total. The molecule has 0 radical (unpaired) electrons. The summed E-state index contributed by atoms with van der Waals surface area (Å²) in [6, 6.07) is 0. The Morgan fingerprint density at radius 2 is 1.81 bits per heavy atom. The van der Waals surface area contributed by atoms with Gasteiger partial charge in [0.15, 0.2) is 5.78 Å². The first-order chi connectivity index (χ1) is 14.5. The van der Waals surface area contributed by atoms with Gasteiger partial charge in [-0.25, -0.2) is 0 Å². The van der Waals surface area contributed by atoms with Crippen LogP contribution in [0.1, 0.15) is 86.0 Å². The molecule has 176 valence electrons. The van der Waals surface area contributed by atoms with E-state index in [1.807, 2.05) is 13.8 Å². The van der Waals surface area contributed by atoms with Gasteiger partial charge in [-0.05, 0) is 91.3 Å². The molecule has 31 heavy (non-hydrogen) atoms. The van der Waals surface area contributed by atoms with E-state index in [2.05, 4.69) is 26.8 Å². The molecular weight excluding hydrogens is 388 g/mol. The molecule has 0 amide bonds. The molecule has 0 bridgehead atoms. The third kappa shape index (κ3) is 3.75. The number of fused-ring (bicyclic) bond motifs is 5. The molecule has 0 spiro atoms. The van der Waals surface area contributed by atoms with Crippen LogP contribution in [0.3, 0.4) is 0 Å². The van der Waals surface area contributed by atoms with E-state index in [0.717, 1.165) is 38.5 Å². The van der Waals surface area contributed by atoms with E-state index in [1.54, 1.807) is 5.57 Å². The van der Waals surface area contributed by atoms with Gasteiger partial charge in [-0.2, -0.15) is 0 Å². The zero-order valence-electron chi connectivity index (χ0n) is 20.2. The van der Waals surface area contributed by atoms with Crippen molar-refractivity contribution in [2.24, 2.45) is 46.3 Å². The Labute approximate surface area is 188 Å². The Bertz CT molecular complexity index is 729. The average molecular weight is 433 g/mol. The highest BCUT2D eigenvalue weighted by molar-refractivity contribution is 5.83. The summed E-state index contributed by atoms with van der Waals surface area (Å²) < 4.78 is 0. The van der Waals surface area contributed by atoms with E-state index in [9.17, 15) is 20.1 Å². The molecular formula is C27H44O4. The van der Waals surface area contributed by atoms with E-state index < -0.39 is 6.10 Å². The number of aliphatic hydroxyl groups excluding tert-OH is 3. The fourth-order valence-corrected chi connectivity index (χ4v) is 8.48. The predicted molar refractivity (Wildman–Crippen MR) is 122 cm³/mol. The fraction of sp³-hybridized carbons (Fsp3) is 0.889. The molecule has 4 aliphatic rings. The van der Waals surface area contributed by atoms with Crippen LogP contribution in [0.2, 0.25) is 0 Å². The Hall–Kier alpha value is -0.710. The largest absolute Gasteiger partial charge is 0.393 e. The molecule has 3 saturated carbocycles. The molecule has 0 heterocycles. The Balaban J connectivity index is 1.56. The molecule has 10 atom stereocenters. The summed E-state index contributed by atoms with van der Waals surface area (Å²) >= 11 is 0. The minimum Gasteiger partial charge on any atom is -0.393 e. The number of hydrogen-bond donors (Lipinski definition) is 3. The summed E-state index contributed by atoms with van der Waals surface area (Å²) in [7, 11) is 0. The van der Waals surface area contributed by atoms with Crippen molar-refractivity contribution < 1.29 is 20.1 Å². The van der Waals surface area contributed by atoms with Gasteiger partial charge in [0.2, 0.25) is 0 Å². The van der Waals surface area contributed by atoms with Crippen LogP contribution >= 0.6 is 0 Å². The van der Waals surface area contributed by atoms with E-state index >= 15 is 0 Å². The van der Waals surface area contributed by atoms with Crippen LogP contribution in [0.5, 0.6) is 0 Å². The summed E-state index contributed by atoms with van der Waals surface area (Å²) in [6.07, 6.45) is 8.26. The average Bonchev–Trinajstić information content (AvgIpc) is 3.06. The van der Waals surface area contributed by atoms with Crippen molar-refractivity contribution in [3.8, 4) is 0 Å². The van der Waals surface area contributed by atoms with Crippen molar-refractivity contribution in [1.29, 1.82) is 0 Å². The van der Waals surface area contributed by atoms with Crippen LogP contribution in [0.4, 0.5) is 0 Å². The van der Waals surface area contributed by atoms with Crippen LogP contribution in [0.15, 0.2) is 11.6 Å². The molecule has 3 N–H and O–H groups in total. The molecule has 4 aliphatic carbocycles. The van der Waals surface area contributed by atoms with Gasteiger partial charge in [0.25, 0.3) is 0 Å². The molecule has 0 aromatic rings. The second kappa shape index (κ2) is 8.25. The molecule has 4 heteroatoms. The van der Waals surface area contributed by atoms with E-state index in [4.69, 9.17) is 0 Å². The van der Waals surface area contributed by atoms with Crippen molar-refractivity contribution >= 4 is 5.78 Å². The van der Waals surface area contributed by atoms with Crippen molar-refractivity contribution in [3.05, 3.63) is 11.6 Å². The quantitative estimate of drug-likeness (QED) is 0.559. The summed E-state index contributed by atoms with van der Waals surface area (Å²) in [5.41, 5.74) is 1.74. The number of carbonyl (C=O) groups is 1. The van der Waals surface area contributed by atoms with Crippen LogP contribution in [0, 0.1) is 46.3 Å². The maximum atomic E-state index is 12.6. The minimum absolute atomic E-state index is 0.00852. The number of rotatable bonds is 5. The summed E-state index contributed by atoms with van der Waals surface area (Å²) in [5, 5.41) is 31.6. The Morgan fingerprint density at radius 3 is 2.48 bits per heavy atom. The van der Waals surface area contributed by atoms with Gasteiger partial charge in [-0.1, -0.05) is 46.3 Å². The van der Waals surface area contributed by atoms with Crippen LogP contribution in [0.25, 0.3) is 0 Å². The third-order valence-corrected chi connectivity index (χ3v) is 10.3.